The summed E-state index contributed by atoms with van der Waals surface area (Å²) in [6.07, 6.45) is 3.45. The van der Waals surface area contributed by atoms with Gasteiger partial charge in [0.25, 0.3) is 5.91 Å². The molecule has 1 aromatic carbocycles. The topological polar surface area (TPSA) is 38.3 Å². The Morgan fingerprint density at radius 1 is 1.47 bits per heavy atom. The Bertz CT molecular complexity index is 416. The summed E-state index contributed by atoms with van der Waals surface area (Å²) < 4.78 is 5.51. The van der Waals surface area contributed by atoms with Crippen molar-refractivity contribution in [1.82, 2.24) is 5.32 Å². The molecular weight excluding hydrogens is 258 g/mol. The van der Waals surface area contributed by atoms with Crippen LogP contribution in [0.5, 0.6) is 0 Å². The highest BCUT2D eigenvalue weighted by Gasteiger charge is 2.17. The first-order valence-electron chi connectivity index (χ1n) is 6.93. The molecule has 1 aromatic rings. The molecule has 1 aliphatic rings. The Morgan fingerprint density at radius 2 is 2.32 bits per heavy atom. The Hall–Kier alpha value is -1.00. The van der Waals surface area contributed by atoms with Crippen LogP contribution in [0.3, 0.4) is 0 Å². The predicted octanol–water partition coefficient (Wildman–Crippen LogP) is 3.10. The minimum absolute atomic E-state index is 0.00898. The number of benzene rings is 1. The van der Waals surface area contributed by atoms with E-state index in [4.69, 9.17) is 4.74 Å². The highest BCUT2D eigenvalue weighted by Crippen LogP contribution is 2.23. The van der Waals surface area contributed by atoms with Gasteiger partial charge in [0, 0.05) is 18.0 Å². The zero-order valence-corrected chi connectivity index (χ0v) is 12.2. The summed E-state index contributed by atoms with van der Waals surface area (Å²) in [5.41, 5.74) is 0.777. The Kier molecular flexibility index (Phi) is 5.73. The maximum atomic E-state index is 12.2. The van der Waals surface area contributed by atoms with Gasteiger partial charge < -0.3 is 10.1 Å². The molecule has 0 aliphatic carbocycles. The highest BCUT2D eigenvalue weighted by atomic mass is 32.2. The van der Waals surface area contributed by atoms with Crippen LogP contribution in [-0.4, -0.2) is 30.9 Å². The molecule has 2 rings (SSSR count). The van der Waals surface area contributed by atoms with Gasteiger partial charge >= 0.3 is 0 Å². The fourth-order valence-corrected chi connectivity index (χ4v) is 3.01. The van der Waals surface area contributed by atoms with Crippen LogP contribution < -0.4 is 5.32 Å². The monoisotopic (exact) mass is 279 g/mol. The van der Waals surface area contributed by atoms with Gasteiger partial charge in [0.1, 0.15) is 0 Å². The quantitative estimate of drug-likeness (QED) is 0.813. The second-order valence-electron chi connectivity index (χ2n) is 4.69. The molecule has 0 bridgehead atoms. The molecule has 1 N–H and O–H groups in total. The van der Waals surface area contributed by atoms with Crippen LogP contribution in [-0.2, 0) is 4.74 Å². The summed E-state index contributed by atoms with van der Waals surface area (Å²) in [6, 6.07) is 7.80. The van der Waals surface area contributed by atoms with Gasteiger partial charge in [0.2, 0.25) is 0 Å². The van der Waals surface area contributed by atoms with Crippen molar-refractivity contribution >= 4 is 17.7 Å². The summed E-state index contributed by atoms with van der Waals surface area (Å²) in [7, 11) is 0. The van der Waals surface area contributed by atoms with Crippen LogP contribution in [0.1, 0.15) is 36.5 Å². The van der Waals surface area contributed by atoms with Gasteiger partial charge in [-0.15, -0.1) is 11.8 Å². The molecule has 0 radical (unpaired) electrons. The second kappa shape index (κ2) is 7.56. The van der Waals surface area contributed by atoms with E-state index in [2.05, 4.69) is 12.2 Å². The van der Waals surface area contributed by atoms with Crippen molar-refractivity contribution in [3.63, 3.8) is 0 Å². The summed E-state index contributed by atoms with van der Waals surface area (Å²) in [6.45, 7) is 3.59. The van der Waals surface area contributed by atoms with Crippen LogP contribution in [0.25, 0.3) is 0 Å². The van der Waals surface area contributed by atoms with Gasteiger partial charge in [-0.25, -0.2) is 0 Å². The third kappa shape index (κ3) is 4.25. The Balaban J connectivity index is 1.93. The van der Waals surface area contributed by atoms with E-state index in [0.717, 1.165) is 42.1 Å². The van der Waals surface area contributed by atoms with Crippen molar-refractivity contribution in [3.05, 3.63) is 29.8 Å². The van der Waals surface area contributed by atoms with Crippen molar-refractivity contribution in [1.29, 1.82) is 0 Å². The minimum Gasteiger partial charge on any atom is -0.376 e. The Morgan fingerprint density at radius 3 is 3.05 bits per heavy atom. The largest absolute Gasteiger partial charge is 0.376 e. The highest BCUT2D eigenvalue weighted by molar-refractivity contribution is 7.99. The number of carbonyl (C=O) groups excluding carboxylic acids is 1. The van der Waals surface area contributed by atoms with Crippen LogP contribution in [0.4, 0.5) is 0 Å². The van der Waals surface area contributed by atoms with E-state index < -0.39 is 0 Å². The lowest BCUT2D eigenvalue weighted by Crippen LogP contribution is -2.32. The van der Waals surface area contributed by atoms with E-state index in [-0.39, 0.29) is 12.0 Å². The van der Waals surface area contributed by atoms with Crippen LogP contribution >= 0.6 is 11.8 Å². The zero-order chi connectivity index (χ0) is 13.5. The number of amides is 1. The van der Waals surface area contributed by atoms with Gasteiger partial charge in [-0.05, 0) is 37.1 Å². The fraction of sp³-hybridized carbons (Fsp3) is 0.533. The van der Waals surface area contributed by atoms with Crippen LogP contribution in [0, 0.1) is 0 Å². The molecule has 0 unspecified atom stereocenters. The van der Waals surface area contributed by atoms with E-state index in [1.807, 2.05) is 24.3 Å². The molecule has 1 saturated heterocycles. The SMILES string of the molecule is CCCSc1ccccc1C(=O)NC[C@H]1CCCO1. The molecule has 0 spiro atoms. The van der Waals surface area contributed by atoms with Gasteiger partial charge in [-0.2, -0.15) is 0 Å². The molecule has 1 atom stereocenters. The number of rotatable bonds is 6. The normalized spacial score (nSPS) is 18.5. The predicted molar refractivity (Wildman–Crippen MR) is 78.8 cm³/mol. The number of nitrogens with one attached hydrogen (secondary N) is 1. The lowest BCUT2D eigenvalue weighted by atomic mass is 10.2. The molecule has 0 saturated carbocycles. The summed E-state index contributed by atoms with van der Waals surface area (Å²) in [4.78, 5) is 13.3. The Labute approximate surface area is 119 Å². The van der Waals surface area contributed by atoms with Gasteiger partial charge in [-0.1, -0.05) is 19.1 Å². The third-order valence-corrected chi connectivity index (χ3v) is 4.39. The maximum Gasteiger partial charge on any atom is 0.252 e. The first-order chi connectivity index (χ1) is 9.31. The van der Waals surface area contributed by atoms with Crippen molar-refractivity contribution in [2.24, 2.45) is 0 Å². The lowest BCUT2D eigenvalue weighted by molar-refractivity contribution is 0.0855. The summed E-state index contributed by atoms with van der Waals surface area (Å²) in [5, 5.41) is 2.98. The number of hydrogen-bond acceptors (Lipinski definition) is 3. The average molecular weight is 279 g/mol. The molecule has 104 valence electrons. The smallest absolute Gasteiger partial charge is 0.252 e. The number of carbonyl (C=O) groups is 1. The number of hydrogen-bond donors (Lipinski definition) is 1. The molecule has 1 fully saturated rings. The van der Waals surface area contributed by atoms with E-state index in [9.17, 15) is 4.79 Å². The minimum atomic E-state index is 0.00898. The van der Waals surface area contributed by atoms with Crippen LogP contribution in [0.15, 0.2) is 29.2 Å². The lowest BCUT2D eigenvalue weighted by Gasteiger charge is -2.12. The van der Waals surface area contributed by atoms with Crippen molar-refractivity contribution in [2.45, 2.75) is 37.2 Å². The van der Waals surface area contributed by atoms with E-state index in [0.29, 0.717) is 6.54 Å². The molecule has 0 aromatic heterocycles. The average Bonchev–Trinajstić information content (AvgIpc) is 2.96. The number of thioether (sulfide) groups is 1. The molecular formula is C15H21NO2S. The van der Waals surface area contributed by atoms with E-state index in [1.165, 1.54) is 0 Å². The first kappa shape index (κ1) is 14.4. The van der Waals surface area contributed by atoms with Crippen LogP contribution in [0.2, 0.25) is 0 Å². The zero-order valence-electron chi connectivity index (χ0n) is 11.4. The van der Waals surface area contributed by atoms with Gasteiger partial charge in [-0.3, -0.25) is 4.79 Å². The van der Waals surface area contributed by atoms with E-state index in [1.54, 1.807) is 11.8 Å². The fourth-order valence-electron chi connectivity index (χ4n) is 2.10. The van der Waals surface area contributed by atoms with Crippen molar-refractivity contribution < 1.29 is 9.53 Å². The van der Waals surface area contributed by atoms with Crippen molar-refractivity contribution in [3.8, 4) is 0 Å². The molecule has 3 nitrogen and oxygen atoms in total. The third-order valence-electron chi connectivity index (χ3n) is 3.11. The van der Waals surface area contributed by atoms with Gasteiger partial charge in [0.05, 0.1) is 11.7 Å². The van der Waals surface area contributed by atoms with Gasteiger partial charge in [0.15, 0.2) is 0 Å². The number of ether oxygens (including phenoxy) is 1. The molecule has 19 heavy (non-hydrogen) atoms. The molecule has 1 heterocycles. The summed E-state index contributed by atoms with van der Waals surface area (Å²) in [5.74, 6) is 1.05. The first-order valence-corrected chi connectivity index (χ1v) is 7.91. The molecule has 1 aliphatic heterocycles. The maximum absolute atomic E-state index is 12.2. The van der Waals surface area contributed by atoms with E-state index >= 15 is 0 Å². The summed E-state index contributed by atoms with van der Waals surface area (Å²) >= 11 is 1.74. The molecule has 1 amide bonds. The second-order valence-corrected chi connectivity index (χ2v) is 5.83. The molecule has 4 heteroatoms. The van der Waals surface area contributed by atoms with Crippen molar-refractivity contribution in [2.75, 3.05) is 18.9 Å². The standard InChI is InChI=1S/C15H21NO2S/c1-2-10-19-14-8-4-3-7-13(14)15(17)16-11-12-6-5-9-18-12/h3-4,7-8,12H,2,5-6,9-11H2,1H3,(H,16,17)/t12-/m1/s1.